The lowest BCUT2D eigenvalue weighted by Gasteiger charge is -2.39. The molecule has 1 saturated heterocycles. The average molecular weight is 552 g/mol. The predicted octanol–water partition coefficient (Wildman–Crippen LogP) is 6.21. The van der Waals surface area contributed by atoms with E-state index in [2.05, 4.69) is 33.8 Å². The van der Waals surface area contributed by atoms with E-state index in [4.69, 9.17) is 5.11 Å². The molecule has 2 aromatic rings. The molecule has 6 nitrogen and oxygen atoms in total. The third kappa shape index (κ3) is 8.57. The van der Waals surface area contributed by atoms with Gasteiger partial charge in [-0.25, -0.2) is 0 Å². The van der Waals surface area contributed by atoms with Gasteiger partial charge in [-0.05, 0) is 99.5 Å². The second-order valence-corrected chi connectivity index (χ2v) is 12.6. The summed E-state index contributed by atoms with van der Waals surface area (Å²) >= 11 is 1.49. The number of aromatic nitrogens is 1. The first kappa shape index (κ1) is 29.6. The van der Waals surface area contributed by atoms with E-state index in [0.717, 1.165) is 64.1 Å². The van der Waals surface area contributed by atoms with E-state index in [1.807, 2.05) is 37.6 Å². The fourth-order valence-electron chi connectivity index (χ4n) is 5.99. The monoisotopic (exact) mass is 551 g/mol. The predicted molar refractivity (Wildman–Crippen MR) is 159 cm³/mol. The fraction of sp³-hybridized carbons (Fsp3) is 0.594. The normalized spacial score (nSPS) is 22.4. The van der Waals surface area contributed by atoms with Gasteiger partial charge in [-0.1, -0.05) is 19.1 Å². The summed E-state index contributed by atoms with van der Waals surface area (Å²) in [4.78, 5) is 34.6. The molecule has 2 aromatic heterocycles. The lowest BCUT2D eigenvalue weighted by molar-refractivity contribution is -0.138. The van der Waals surface area contributed by atoms with Crippen LogP contribution in [-0.2, 0) is 11.3 Å². The largest absolute Gasteiger partial charge is 0.388 e. The van der Waals surface area contributed by atoms with E-state index in [0.29, 0.717) is 16.8 Å². The Balaban J connectivity index is 0.000000202. The van der Waals surface area contributed by atoms with Gasteiger partial charge in [0, 0.05) is 55.9 Å². The van der Waals surface area contributed by atoms with Gasteiger partial charge in [-0.15, -0.1) is 11.3 Å². The molecule has 7 heteroatoms. The van der Waals surface area contributed by atoms with Crippen LogP contribution in [0.1, 0.15) is 91.2 Å². The maximum atomic E-state index is 12.8. The van der Waals surface area contributed by atoms with E-state index in [9.17, 15) is 9.59 Å². The maximum Gasteiger partial charge on any atom is 0.225 e. The van der Waals surface area contributed by atoms with Crippen molar-refractivity contribution in [3.8, 4) is 0 Å². The molecule has 0 unspecified atom stereocenters. The van der Waals surface area contributed by atoms with Gasteiger partial charge in [0.1, 0.15) is 6.61 Å². The van der Waals surface area contributed by atoms with Gasteiger partial charge < -0.3 is 10.0 Å². The van der Waals surface area contributed by atoms with Crippen molar-refractivity contribution >= 4 is 28.6 Å². The van der Waals surface area contributed by atoms with E-state index in [1.165, 1.54) is 53.0 Å². The number of ketones is 1. The van der Waals surface area contributed by atoms with Crippen LogP contribution in [0.15, 0.2) is 42.7 Å². The molecule has 3 heterocycles. The molecule has 1 amide bonds. The van der Waals surface area contributed by atoms with Crippen LogP contribution in [0.25, 0.3) is 5.57 Å². The van der Waals surface area contributed by atoms with Crippen LogP contribution in [0, 0.1) is 11.8 Å². The number of hydrogen-bond acceptors (Lipinski definition) is 6. The minimum atomic E-state index is -0.390. The van der Waals surface area contributed by atoms with E-state index in [1.54, 1.807) is 0 Å². The standard InChI is InChI=1S/C20H31N3O.C12H14O2S/c1-16-5-7-18(8-6-16)20(24)22(2)19-9-12-23(13-10-19)15-17-4-3-11-21-14-17;13-8-10(14)12-7-6-11(15-12)9-4-2-1-3-5-9/h3-4,11,14,16,18-19H,5-10,12-13,15H2,1-2H3;4,6-7,13H,1-3,5,8H2. The zero-order chi connectivity index (χ0) is 27.6. The number of aliphatic hydroxyl groups excluding tert-OH is 1. The smallest absolute Gasteiger partial charge is 0.225 e. The third-order valence-corrected chi connectivity index (χ3v) is 9.78. The summed E-state index contributed by atoms with van der Waals surface area (Å²) in [5.41, 5.74) is 2.64. The third-order valence-electron chi connectivity index (χ3n) is 8.58. The van der Waals surface area contributed by atoms with Crippen LogP contribution in [0.2, 0.25) is 0 Å². The number of Topliss-reactive ketones (excluding diaryl/α,β-unsaturated/α-hetero) is 1. The highest BCUT2D eigenvalue weighted by atomic mass is 32.1. The molecule has 39 heavy (non-hydrogen) atoms. The molecule has 0 spiro atoms. The number of hydrogen-bond donors (Lipinski definition) is 1. The average Bonchev–Trinajstić information content (AvgIpc) is 3.49. The van der Waals surface area contributed by atoms with Gasteiger partial charge in [-0.2, -0.15) is 0 Å². The number of rotatable bonds is 7. The quantitative estimate of drug-likeness (QED) is 0.414. The van der Waals surface area contributed by atoms with Crippen LogP contribution in [0.5, 0.6) is 0 Å². The van der Waals surface area contributed by atoms with Gasteiger partial charge in [0.05, 0.1) is 4.88 Å². The Hall–Kier alpha value is -2.35. The Labute approximate surface area is 238 Å². The zero-order valence-corrected chi connectivity index (χ0v) is 24.5. The molecule has 3 aliphatic rings. The molecule has 1 saturated carbocycles. The SMILES string of the molecule is CC1CCC(C(=O)N(C)C2CCN(Cc3cccnc3)CC2)CC1.O=C(CO)c1ccc(C2=CCCCC2)s1. The molecular formula is C32H45N3O3S. The molecule has 0 bridgehead atoms. The van der Waals surface area contributed by atoms with Crippen LogP contribution in [0.3, 0.4) is 0 Å². The van der Waals surface area contributed by atoms with Crippen LogP contribution in [0.4, 0.5) is 0 Å². The van der Waals surface area contributed by atoms with Crippen LogP contribution >= 0.6 is 11.3 Å². The molecule has 0 aromatic carbocycles. The van der Waals surface area contributed by atoms with Crippen molar-refractivity contribution in [1.82, 2.24) is 14.8 Å². The minimum Gasteiger partial charge on any atom is -0.388 e. The number of pyridine rings is 1. The second kappa shape index (κ2) is 14.9. The number of nitrogens with zero attached hydrogens (tertiary/aromatic N) is 3. The number of piperidine rings is 1. The molecule has 2 fully saturated rings. The molecular weight excluding hydrogens is 506 g/mol. The first-order valence-electron chi connectivity index (χ1n) is 14.8. The van der Waals surface area contributed by atoms with Gasteiger partial charge in [0.25, 0.3) is 0 Å². The Kier molecular flexibility index (Phi) is 11.3. The van der Waals surface area contributed by atoms with Crippen molar-refractivity contribution in [2.45, 2.75) is 83.7 Å². The second-order valence-electron chi connectivity index (χ2n) is 11.5. The number of carbonyl (C=O) groups is 2. The molecule has 5 rings (SSSR count). The molecule has 1 N–H and O–H groups in total. The Morgan fingerprint density at radius 2 is 1.85 bits per heavy atom. The van der Waals surface area contributed by atoms with E-state index in [-0.39, 0.29) is 18.3 Å². The van der Waals surface area contributed by atoms with Crippen LogP contribution in [-0.4, -0.2) is 64.4 Å². The van der Waals surface area contributed by atoms with Crippen LogP contribution < -0.4 is 0 Å². The Bertz CT molecular complexity index is 1080. The fourth-order valence-corrected chi connectivity index (χ4v) is 6.99. The molecule has 0 radical (unpaired) electrons. The summed E-state index contributed by atoms with van der Waals surface area (Å²) in [5.74, 6) is 1.30. The van der Waals surface area contributed by atoms with Crippen molar-refractivity contribution in [3.63, 3.8) is 0 Å². The summed E-state index contributed by atoms with van der Waals surface area (Å²) in [6, 6.07) is 8.36. The lowest BCUT2D eigenvalue weighted by atomic mass is 9.82. The van der Waals surface area contributed by atoms with Gasteiger partial charge >= 0.3 is 0 Å². The highest BCUT2D eigenvalue weighted by molar-refractivity contribution is 7.15. The number of carbonyl (C=O) groups excluding carboxylic acids is 2. The molecule has 212 valence electrons. The first-order valence-corrected chi connectivity index (χ1v) is 15.6. The van der Waals surface area contributed by atoms with E-state index < -0.39 is 0 Å². The summed E-state index contributed by atoms with van der Waals surface area (Å²) < 4.78 is 0. The van der Waals surface area contributed by atoms with Gasteiger partial charge in [0.15, 0.2) is 5.78 Å². The maximum absolute atomic E-state index is 12.8. The Morgan fingerprint density at radius 3 is 2.49 bits per heavy atom. The van der Waals surface area contributed by atoms with Gasteiger partial charge in [-0.3, -0.25) is 19.5 Å². The zero-order valence-electron chi connectivity index (χ0n) is 23.7. The highest BCUT2D eigenvalue weighted by Gasteiger charge is 2.31. The van der Waals surface area contributed by atoms with Crippen molar-refractivity contribution in [2.75, 3.05) is 26.7 Å². The van der Waals surface area contributed by atoms with Gasteiger partial charge in [0.2, 0.25) is 5.91 Å². The highest BCUT2D eigenvalue weighted by Crippen LogP contribution is 2.32. The topological polar surface area (TPSA) is 73.7 Å². The molecule has 2 aliphatic carbocycles. The molecule has 1 aliphatic heterocycles. The first-order chi connectivity index (χ1) is 18.9. The van der Waals surface area contributed by atoms with Crippen molar-refractivity contribution in [3.05, 3.63) is 58.1 Å². The van der Waals surface area contributed by atoms with Crippen molar-refractivity contribution in [1.29, 1.82) is 0 Å². The number of allylic oxidation sites excluding steroid dienone is 2. The van der Waals surface area contributed by atoms with Crippen molar-refractivity contribution < 1.29 is 14.7 Å². The lowest BCUT2D eigenvalue weighted by Crippen LogP contribution is -2.47. The molecule has 0 atom stereocenters. The Morgan fingerprint density at radius 1 is 1.08 bits per heavy atom. The van der Waals surface area contributed by atoms with E-state index >= 15 is 0 Å². The minimum absolute atomic E-state index is 0.178. The number of amides is 1. The number of thiophene rings is 1. The summed E-state index contributed by atoms with van der Waals surface area (Å²) in [6.45, 7) is 5.03. The van der Waals surface area contributed by atoms with Crippen molar-refractivity contribution in [2.24, 2.45) is 11.8 Å². The number of aliphatic hydroxyl groups is 1. The number of likely N-dealkylation sites (tertiary alicyclic amines) is 1. The summed E-state index contributed by atoms with van der Waals surface area (Å²) in [7, 11) is 2.03. The summed E-state index contributed by atoms with van der Waals surface area (Å²) in [6.07, 6.45) is 17.6. The summed E-state index contributed by atoms with van der Waals surface area (Å²) in [5, 5.41) is 8.75.